The summed E-state index contributed by atoms with van der Waals surface area (Å²) in [6.45, 7) is 0.682. The molecule has 0 aliphatic heterocycles. The van der Waals surface area contributed by atoms with Gasteiger partial charge in [0.1, 0.15) is 11.5 Å². The number of rotatable bonds is 2. The van der Waals surface area contributed by atoms with Gasteiger partial charge in [-0.3, -0.25) is 0 Å². The van der Waals surface area contributed by atoms with E-state index in [9.17, 15) is 13.2 Å². The van der Waals surface area contributed by atoms with Gasteiger partial charge in [-0.2, -0.15) is 0 Å². The number of hydrogen-bond acceptors (Lipinski definition) is 2. The molecule has 72 valence electrons. The maximum Gasteiger partial charge on any atom is 0.280 e. The lowest BCUT2D eigenvalue weighted by Gasteiger charge is -2.06. The molecule has 13 heavy (non-hydrogen) atoms. The highest BCUT2D eigenvalue weighted by Crippen LogP contribution is 2.22. The molecule has 0 aliphatic rings. The second-order valence-corrected chi connectivity index (χ2v) is 2.56. The number of aliphatic hydroxyl groups is 1. The molecule has 0 spiro atoms. The highest BCUT2D eigenvalue weighted by molar-refractivity contribution is 5.24. The monoisotopic (exact) mass is 191 g/mol. The lowest BCUT2D eigenvalue weighted by molar-refractivity contribution is 0.143. The van der Waals surface area contributed by atoms with Crippen LogP contribution in [0.5, 0.6) is 0 Å². The molecule has 1 rings (SSSR count). The molecule has 1 N–H and O–H groups in total. The highest BCUT2D eigenvalue weighted by Gasteiger charge is 2.16. The van der Waals surface area contributed by atoms with Crippen LogP contribution in [-0.2, 0) is 6.61 Å². The van der Waals surface area contributed by atoms with E-state index in [0.29, 0.717) is 0 Å². The number of pyridine rings is 1. The second kappa shape index (κ2) is 3.74. The van der Waals surface area contributed by atoms with Crippen molar-refractivity contribution in [2.24, 2.45) is 0 Å². The molecule has 2 nitrogen and oxygen atoms in total. The third kappa shape index (κ3) is 1.98. The first-order valence-corrected chi connectivity index (χ1v) is 3.61. The van der Waals surface area contributed by atoms with Gasteiger partial charge in [0.25, 0.3) is 6.43 Å². The van der Waals surface area contributed by atoms with Gasteiger partial charge < -0.3 is 5.11 Å². The molecule has 0 aromatic carbocycles. The summed E-state index contributed by atoms with van der Waals surface area (Å²) in [6, 6.07) is 0.946. The van der Waals surface area contributed by atoms with Crippen LogP contribution in [0.3, 0.4) is 0 Å². The zero-order valence-electron chi connectivity index (χ0n) is 6.89. The lowest BCUT2D eigenvalue weighted by atomic mass is 10.2. The fourth-order valence-electron chi connectivity index (χ4n) is 0.941. The van der Waals surface area contributed by atoms with Crippen molar-refractivity contribution in [1.29, 1.82) is 0 Å². The van der Waals surface area contributed by atoms with E-state index >= 15 is 0 Å². The number of alkyl halides is 2. The first kappa shape index (κ1) is 9.98. The summed E-state index contributed by atoms with van der Waals surface area (Å²) in [5.41, 5.74) is -0.866. The van der Waals surface area contributed by atoms with E-state index in [2.05, 4.69) is 4.98 Å². The predicted molar refractivity (Wildman–Crippen MR) is 39.8 cm³/mol. The Kier molecular flexibility index (Phi) is 2.87. The van der Waals surface area contributed by atoms with Crippen molar-refractivity contribution in [2.45, 2.75) is 20.0 Å². The van der Waals surface area contributed by atoms with E-state index in [4.69, 9.17) is 5.11 Å². The molecule has 0 atom stereocenters. The van der Waals surface area contributed by atoms with Crippen LogP contribution in [0.25, 0.3) is 0 Å². The SMILES string of the molecule is Cc1c(F)cc(CO)nc1C(F)F. The van der Waals surface area contributed by atoms with Crippen molar-refractivity contribution >= 4 is 0 Å². The molecule has 0 unspecified atom stereocenters. The van der Waals surface area contributed by atoms with Crippen LogP contribution >= 0.6 is 0 Å². The van der Waals surface area contributed by atoms with E-state index in [1.807, 2.05) is 0 Å². The lowest BCUT2D eigenvalue weighted by Crippen LogP contribution is -2.02. The minimum atomic E-state index is -2.82. The molecule has 0 saturated carbocycles. The van der Waals surface area contributed by atoms with Gasteiger partial charge in [-0.15, -0.1) is 0 Å². The Hall–Kier alpha value is -1.10. The van der Waals surface area contributed by atoms with Crippen molar-refractivity contribution in [3.63, 3.8) is 0 Å². The summed E-state index contributed by atoms with van der Waals surface area (Å²) in [5.74, 6) is -0.769. The Balaban J connectivity index is 3.25. The molecule has 0 bridgehead atoms. The standard InChI is InChI=1S/C8H8F3NO/c1-4-6(9)2-5(3-13)12-7(4)8(10)11/h2,8,13H,3H2,1H3. The van der Waals surface area contributed by atoms with Gasteiger partial charge in [0.2, 0.25) is 0 Å². The van der Waals surface area contributed by atoms with Crippen LogP contribution in [-0.4, -0.2) is 10.1 Å². The summed E-state index contributed by atoms with van der Waals surface area (Å²) in [5, 5.41) is 8.59. The van der Waals surface area contributed by atoms with Crippen molar-refractivity contribution < 1.29 is 18.3 Å². The van der Waals surface area contributed by atoms with Gasteiger partial charge in [0.05, 0.1) is 12.3 Å². The van der Waals surface area contributed by atoms with Gasteiger partial charge in [0, 0.05) is 5.56 Å². The number of aromatic nitrogens is 1. The van der Waals surface area contributed by atoms with Crippen LogP contribution in [0.1, 0.15) is 23.4 Å². The van der Waals surface area contributed by atoms with Crippen LogP contribution in [0.2, 0.25) is 0 Å². The van der Waals surface area contributed by atoms with Gasteiger partial charge in [-0.25, -0.2) is 18.2 Å². The molecule has 0 aliphatic carbocycles. The number of hydrogen-bond donors (Lipinski definition) is 1. The van der Waals surface area contributed by atoms with Crippen LogP contribution in [0, 0.1) is 12.7 Å². The Morgan fingerprint density at radius 3 is 2.62 bits per heavy atom. The minimum absolute atomic E-state index is 0.0848. The third-order valence-corrected chi connectivity index (χ3v) is 1.67. The molecule has 5 heteroatoms. The number of aliphatic hydroxyl groups excluding tert-OH is 1. The quantitative estimate of drug-likeness (QED) is 0.775. The van der Waals surface area contributed by atoms with Crippen molar-refractivity contribution in [2.75, 3.05) is 0 Å². The summed E-state index contributed by atoms with van der Waals surface area (Å²) in [4.78, 5) is 3.41. The second-order valence-electron chi connectivity index (χ2n) is 2.56. The van der Waals surface area contributed by atoms with Gasteiger partial charge in [-0.05, 0) is 13.0 Å². The number of nitrogens with zero attached hydrogens (tertiary/aromatic N) is 1. The molecule has 1 aromatic rings. The molecule has 0 fully saturated rings. The fraction of sp³-hybridized carbons (Fsp3) is 0.375. The first-order valence-electron chi connectivity index (χ1n) is 3.61. The van der Waals surface area contributed by atoms with E-state index in [-0.39, 0.29) is 11.3 Å². The van der Waals surface area contributed by atoms with Crippen LogP contribution < -0.4 is 0 Å². The summed E-state index contributed by atoms with van der Waals surface area (Å²) in [6.07, 6.45) is -2.82. The van der Waals surface area contributed by atoms with Crippen molar-refractivity contribution in [1.82, 2.24) is 4.98 Å². The number of halogens is 3. The first-order chi connectivity index (χ1) is 6.06. The van der Waals surface area contributed by atoms with E-state index < -0.39 is 24.5 Å². The minimum Gasteiger partial charge on any atom is -0.390 e. The Morgan fingerprint density at radius 2 is 2.15 bits per heavy atom. The maximum atomic E-state index is 12.9. The Bertz CT molecular complexity index is 315. The van der Waals surface area contributed by atoms with Gasteiger partial charge in [0.15, 0.2) is 0 Å². The molecule has 0 amide bonds. The Labute approximate surface area is 73.0 Å². The van der Waals surface area contributed by atoms with Crippen LogP contribution in [0.4, 0.5) is 13.2 Å². The summed E-state index contributed by atoms with van der Waals surface area (Å²) >= 11 is 0. The highest BCUT2D eigenvalue weighted by atomic mass is 19.3. The zero-order valence-corrected chi connectivity index (χ0v) is 6.89. The van der Waals surface area contributed by atoms with Gasteiger partial charge >= 0.3 is 0 Å². The van der Waals surface area contributed by atoms with Crippen LogP contribution in [0.15, 0.2) is 6.07 Å². The van der Waals surface area contributed by atoms with E-state index in [1.54, 1.807) is 0 Å². The van der Waals surface area contributed by atoms with Crippen molar-refractivity contribution in [3.05, 3.63) is 28.8 Å². The fourth-order valence-corrected chi connectivity index (χ4v) is 0.941. The normalized spacial score (nSPS) is 10.9. The largest absolute Gasteiger partial charge is 0.390 e. The van der Waals surface area contributed by atoms with E-state index in [0.717, 1.165) is 6.07 Å². The van der Waals surface area contributed by atoms with Gasteiger partial charge in [-0.1, -0.05) is 0 Å². The maximum absolute atomic E-state index is 12.9. The predicted octanol–water partition coefficient (Wildman–Crippen LogP) is 1.96. The zero-order chi connectivity index (χ0) is 10.0. The Morgan fingerprint density at radius 1 is 1.54 bits per heavy atom. The summed E-state index contributed by atoms with van der Waals surface area (Å²) < 4.78 is 37.3. The molecule has 1 aromatic heterocycles. The smallest absolute Gasteiger partial charge is 0.280 e. The molecule has 0 saturated heterocycles. The third-order valence-electron chi connectivity index (χ3n) is 1.67. The molecular formula is C8H8F3NO. The molecular weight excluding hydrogens is 183 g/mol. The van der Waals surface area contributed by atoms with Crippen molar-refractivity contribution in [3.8, 4) is 0 Å². The summed E-state index contributed by atoms with van der Waals surface area (Å²) in [7, 11) is 0. The average Bonchev–Trinajstić information content (AvgIpc) is 2.09. The van der Waals surface area contributed by atoms with E-state index in [1.165, 1.54) is 6.92 Å². The topological polar surface area (TPSA) is 33.1 Å². The molecule has 0 radical (unpaired) electrons. The molecule has 1 heterocycles. The average molecular weight is 191 g/mol.